The second-order valence-corrected chi connectivity index (χ2v) is 6.14. The average Bonchev–Trinajstić information content (AvgIpc) is 2.59. The fourth-order valence-electron chi connectivity index (χ4n) is 2.70. The van der Waals surface area contributed by atoms with Crippen molar-refractivity contribution >= 4 is 0 Å². The monoisotopic (exact) mass is 362 g/mol. The molecule has 0 heterocycles. The summed E-state index contributed by atoms with van der Waals surface area (Å²) in [7, 11) is 2.88. The van der Waals surface area contributed by atoms with Crippen molar-refractivity contribution in [2.75, 3.05) is 14.2 Å². The van der Waals surface area contributed by atoms with Gasteiger partial charge in [0.2, 0.25) is 0 Å². The number of hydrogen-bond donors (Lipinski definition) is 0. The molecule has 25 heavy (non-hydrogen) atoms. The van der Waals surface area contributed by atoms with Crippen molar-refractivity contribution in [2.24, 2.45) is 0 Å². The van der Waals surface area contributed by atoms with Crippen molar-refractivity contribution in [3.8, 4) is 0 Å². The molecule has 0 saturated heterocycles. The molecule has 0 fully saturated rings. The summed E-state index contributed by atoms with van der Waals surface area (Å²) in [6, 6.07) is 1.45. The summed E-state index contributed by atoms with van der Waals surface area (Å²) < 4.78 is 56.1. The highest BCUT2D eigenvalue weighted by molar-refractivity contribution is 5.20. The first-order valence-electron chi connectivity index (χ1n) is 8.86. The van der Waals surface area contributed by atoms with Crippen LogP contribution in [0, 0.1) is 17.5 Å². The number of rotatable bonds is 13. The molecule has 1 aromatic carbocycles. The Morgan fingerprint density at radius 1 is 0.840 bits per heavy atom. The number of halogens is 3. The second kappa shape index (κ2) is 12.3. The van der Waals surface area contributed by atoms with E-state index >= 15 is 0 Å². The fourth-order valence-corrected chi connectivity index (χ4v) is 2.70. The summed E-state index contributed by atoms with van der Waals surface area (Å²) in [5.41, 5.74) is 0.0841. The molecule has 0 spiro atoms. The molecule has 1 rings (SSSR count). The van der Waals surface area contributed by atoms with E-state index in [-0.39, 0.29) is 12.0 Å². The summed E-state index contributed by atoms with van der Waals surface area (Å²) >= 11 is 0. The van der Waals surface area contributed by atoms with Crippen molar-refractivity contribution in [1.29, 1.82) is 0 Å². The number of unbranched alkanes of at least 4 members (excludes halogenated alkanes) is 5. The molecule has 144 valence electrons. The maximum atomic E-state index is 13.9. The fraction of sp³-hybridized carbons (Fsp3) is 0.684. The van der Waals surface area contributed by atoms with Gasteiger partial charge in [0.05, 0.1) is 6.10 Å². The van der Waals surface area contributed by atoms with E-state index in [1.165, 1.54) is 33.5 Å². The Kier molecular flexibility index (Phi) is 10.8. The van der Waals surface area contributed by atoms with Gasteiger partial charge in [0.1, 0.15) is 5.82 Å². The lowest BCUT2D eigenvalue weighted by molar-refractivity contribution is -0.284. The first-order chi connectivity index (χ1) is 12.0. The first kappa shape index (κ1) is 21.9. The SMILES string of the molecule is CCCCCCCCC(Cc1cc(F)c(F)cc1F)OC(OC)OC. The van der Waals surface area contributed by atoms with Gasteiger partial charge in [-0.15, -0.1) is 0 Å². The van der Waals surface area contributed by atoms with E-state index in [9.17, 15) is 13.2 Å². The van der Waals surface area contributed by atoms with Crippen molar-refractivity contribution in [2.45, 2.75) is 70.9 Å². The van der Waals surface area contributed by atoms with Crippen molar-refractivity contribution in [3.05, 3.63) is 35.1 Å². The van der Waals surface area contributed by atoms with Crippen LogP contribution in [0.5, 0.6) is 0 Å². The first-order valence-corrected chi connectivity index (χ1v) is 8.86. The minimum Gasteiger partial charge on any atom is -0.333 e. The molecule has 0 aromatic heterocycles. The van der Waals surface area contributed by atoms with Gasteiger partial charge in [0.25, 0.3) is 6.48 Å². The van der Waals surface area contributed by atoms with Crippen LogP contribution < -0.4 is 0 Å². The summed E-state index contributed by atoms with van der Waals surface area (Å²) in [5, 5.41) is 0. The molecule has 1 aromatic rings. The topological polar surface area (TPSA) is 27.7 Å². The van der Waals surface area contributed by atoms with E-state index in [0.29, 0.717) is 12.5 Å². The van der Waals surface area contributed by atoms with E-state index in [1.807, 2.05) is 0 Å². The van der Waals surface area contributed by atoms with Gasteiger partial charge in [-0.05, 0) is 18.1 Å². The minimum atomic E-state index is -1.19. The molecular weight excluding hydrogens is 333 g/mol. The van der Waals surface area contributed by atoms with E-state index in [0.717, 1.165) is 25.3 Å². The third-order valence-electron chi connectivity index (χ3n) is 4.11. The molecule has 0 amide bonds. The van der Waals surface area contributed by atoms with Crippen LogP contribution in [0.4, 0.5) is 13.2 Å². The maximum Gasteiger partial charge on any atom is 0.271 e. The van der Waals surface area contributed by atoms with Gasteiger partial charge in [-0.25, -0.2) is 13.2 Å². The number of benzene rings is 1. The zero-order valence-corrected chi connectivity index (χ0v) is 15.3. The van der Waals surface area contributed by atoms with Crippen LogP contribution in [-0.2, 0) is 20.6 Å². The molecule has 0 aliphatic heterocycles. The molecule has 0 N–H and O–H groups in total. The van der Waals surface area contributed by atoms with Crippen LogP contribution in [-0.4, -0.2) is 26.8 Å². The van der Waals surface area contributed by atoms with Gasteiger partial charge >= 0.3 is 0 Å². The normalized spacial score (nSPS) is 12.8. The smallest absolute Gasteiger partial charge is 0.271 e. The molecule has 3 nitrogen and oxygen atoms in total. The minimum absolute atomic E-state index is 0.0841. The molecule has 0 aliphatic rings. The molecule has 1 unspecified atom stereocenters. The Bertz CT molecular complexity index is 493. The number of hydrogen-bond acceptors (Lipinski definition) is 3. The van der Waals surface area contributed by atoms with E-state index < -0.39 is 30.0 Å². The van der Waals surface area contributed by atoms with Gasteiger partial charge in [0.15, 0.2) is 11.6 Å². The van der Waals surface area contributed by atoms with E-state index in [2.05, 4.69) is 6.92 Å². The zero-order valence-electron chi connectivity index (χ0n) is 15.3. The van der Waals surface area contributed by atoms with Crippen LogP contribution in [0.2, 0.25) is 0 Å². The molecule has 1 atom stereocenters. The Morgan fingerprint density at radius 2 is 1.44 bits per heavy atom. The quantitative estimate of drug-likeness (QED) is 0.269. The molecule has 6 heteroatoms. The van der Waals surface area contributed by atoms with E-state index in [4.69, 9.17) is 14.2 Å². The highest BCUT2D eigenvalue weighted by Crippen LogP contribution is 2.20. The summed E-state index contributed by atoms with van der Waals surface area (Å²) in [6.07, 6.45) is 7.06. The average molecular weight is 362 g/mol. The summed E-state index contributed by atoms with van der Waals surface area (Å²) in [4.78, 5) is 0. The van der Waals surface area contributed by atoms with Crippen molar-refractivity contribution in [1.82, 2.24) is 0 Å². The van der Waals surface area contributed by atoms with Crippen molar-refractivity contribution in [3.63, 3.8) is 0 Å². The Labute approximate surface area is 148 Å². The van der Waals surface area contributed by atoms with Gasteiger partial charge in [-0.2, -0.15) is 0 Å². The Balaban J connectivity index is 2.65. The lowest BCUT2D eigenvalue weighted by atomic mass is 10.0. The number of methoxy groups -OCH3 is 2. The van der Waals surface area contributed by atoms with Gasteiger partial charge < -0.3 is 14.2 Å². The third kappa shape index (κ3) is 8.21. The lowest BCUT2D eigenvalue weighted by Gasteiger charge is -2.23. The van der Waals surface area contributed by atoms with Crippen LogP contribution in [0.25, 0.3) is 0 Å². The summed E-state index contributed by atoms with van der Waals surface area (Å²) in [6.45, 7) is 1.29. The van der Waals surface area contributed by atoms with Gasteiger partial charge in [-0.1, -0.05) is 45.4 Å². The molecule has 0 aliphatic carbocycles. The van der Waals surface area contributed by atoms with Crippen molar-refractivity contribution < 1.29 is 27.4 Å². The highest BCUT2D eigenvalue weighted by atomic mass is 19.2. The van der Waals surface area contributed by atoms with Crippen LogP contribution in [0.1, 0.15) is 57.4 Å². The van der Waals surface area contributed by atoms with Gasteiger partial charge in [-0.3, -0.25) is 0 Å². The van der Waals surface area contributed by atoms with E-state index in [1.54, 1.807) is 0 Å². The largest absolute Gasteiger partial charge is 0.333 e. The summed E-state index contributed by atoms with van der Waals surface area (Å²) in [5.74, 6) is -3.03. The highest BCUT2D eigenvalue weighted by Gasteiger charge is 2.19. The molecular formula is C19H29F3O3. The maximum absolute atomic E-state index is 13.9. The molecule has 0 radical (unpaired) electrons. The molecule has 0 saturated carbocycles. The van der Waals surface area contributed by atoms with Crippen LogP contribution in [0.15, 0.2) is 12.1 Å². The predicted molar refractivity (Wildman–Crippen MR) is 90.7 cm³/mol. The predicted octanol–water partition coefficient (Wildman–Crippen LogP) is 5.36. The van der Waals surface area contributed by atoms with Gasteiger partial charge in [0, 0.05) is 26.7 Å². The Hall–Kier alpha value is -1.11. The number of ether oxygens (including phenoxy) is 3. The zero-order chi connectivity index (χ0) is 18.7. The van der Waals surface area contributed by atoms with Crippen LogP contribution >= 0.6 is 0 Å². The molecule has 0 bridgehead atoms. The second-order valence-electron chi connectivity index (χ2n) is 6.14. The standard InChI is InChI=1S/C19H29F3O3/c1-4-5-6-7-8-9-10-15(25-19(23-2)24-3)11-14-12-17(21)18(22)13-16(14)20/h12-13,15,19H,4-11H2,1-3H3. The third-order valence-corrected chi connectivity index (χ3v) is 4.11. The Morgan fingerprint density at radius 3 is 2.08 bits per heavy atom. The lowest BCUT2D eigenvalue weighted by Crippen LogP contribution is -2.27. The van der Waals surface area contributed by atoms with Crippen LogP contribution in [0.3, 0.4) is 0 Å².